The van der Waals surface area contributed by atoms with Gasteiger partial charge in [0.2, 0.25) is 0 Å². The van der Waals surface area contributed by atoms with Crippen LogP contribution in [-0.4, -0.2) is 67.3 Å². The van der Waals surface area contributed by atoms with Gasteiger partial charge >= 0.3 is 0 Å². The molecule has 0 radical (unpaired) electrons. The highest BCUT2D eigenvalue weighted by Gasteiger charge is 2.37. The molecule has 0 N–H and O–H groups in total. The number of amidine groups is 1. The third-order valence-corrected chi connectivity index (χ3v) is 5.82. The normalized spacial score (nSPS) is 18.1. The van der Waals surface area contributed by atoms with Gasteiger partial charge in [-0.1, -0.05) is 55.8 Å². The minimum absolute atomic E-state index is 0.102. The third-order valence-electron chi connectivity index (χ3n) is 5.59. The first-order valence-corrected chi connectivity index (χ1v) is 11.0. The zero-order valence-corrected chi connectivity index (χ0v) is 18.6. The molecule has 2 heterocycles. The molecular weight excluding hydrogens is 410 g/mol. The number of hydrogen-bond donors (Lipinski definition) is 0. The third kappa shape index (κ3) is 4.45. The van der Waals surface area contributed by atoms with Crippen LogP contribution in [-0.2, 0) is 4.79 Å². The molecule has 1 unspecified atom stereocenters. The van der Waals surface area contributed by atoms with Gasteiger partial charge in [0, 0.05) is 28.9 Å². The number of hydrogen-bond acceptors (Lipinski definition) is 5. The molecule has 1 amide bonds. The van der Waals surface area contributed by atoms with E-state index >= 15 is 0 Å². The second-order valence-corrected chi connectivity index (χ2v) is 7.87. The Balaban J connectivity index is 1.63. The van der Waals surface area contributed by atoms with E-state index in [2.05, 4.69) is 28.7 Å². The number of nitrogens with zero attached hydrogens (tertiary/aromatic N) is 5. The summed E-state index contributed by atoms with van der Waals surface area (Å²) >= 11 is 6.31. The molecule has 2 aliphatic heterocycles. The second-order valence-electron chi connectivity index (χ2n) is 7.44. The Hall–Kier alpha value is -2.83. The van der Waals surface area contributed by atoms with Gasteiger partial charge in [-0.2, -0.15) is 0 Å². The van der Waals surface area contributed by atoms with Crippen molar-refractivity contribution in [3.8, 4) is 0 Å². The largest absolute Gasteiger partial charge is 0.302 e. The SMILES string of the molecule is CCN(CC)CCN=CC1N=C2CN=C(c3ccccc3)c3cc(Cl)ccc3N2C1=O. The lowest BCUT2D eigenvalue weighted by Gasteiger charge is -2.19. The van der Waals surface area contributed by atoms with Crippen LogP contribution in [0.1, 0.15) is 25.0 Å². The van der Waals surface area contributed by atoms with Crippen molar-refractivity contribution in [3.63, 3.8) is 0 Å². The smallest absolute Gasteiger partial charge is 0.262 e. The van der Waals surface area contributed by atoms with Crippen molar-refractivity contribution < 1.29 is 4.79 Å². The second kappa shape index (κ2) is 9.54. The summed E-state index contributed by atoms with van der Waals surface area (Å²) in [7, 11) is 0. The standard InChI is InChI=1S/C24H26ClN5O/c1-3-29(4-2)13-12-26-15-20-24(31)30-21-11-10-18(25)14-19(21)23(27-16-22(30)28-20)17-8-6-5-7-9-17/h5-11,14-15,20H,3-4,12-13,16H2,1-2H3. The molecule has 2 aliphatic rings. The molecule has 0 saturated carbocycles. The molecule has 160 valence electrons. The molecule has 4 rings (SSSR count). The topological polar surface area (TPSA) is 60.6 Å². The number of halogens is 1. The van der Waals surface area contributed by atoms with E-state index in [0.717, 1.165) is 42.2 Å². The van der Waals surface area contributed by atoms with Crippen LogP contribution in [0.25, 0.3) is 0 Å². The molecule has 2 aromatic carbocycles. The van der Waals surface area contributed by atoms with Gasteiger partial charge in [0.1, 0.15) is 5.84 Å². The Morgan fingerprint density at radius 3 is 2.71 bits per heavy atom. The monoisotopic (exact) mass is 435 g/mol. The van der Waals surface area contributed by atoms with Crippen LogP contribution in [0.4, 0.5) is 5.69 Å². The van der Waals surface area contributed by atoms with E-state index in [1.54, 1.807) is 17.2 Å². The molecule has 7 heteroatoms. The maximum atomic E-state index is 13.2. The first-order valence-electron chi connectivity index (χ1n) is 10.6. The summed E-state index contributed by atoms with van der Waals surface area (Å²) < 4.78 is 0. The van der Waals surface area contributed by atoms with Gasteiger partial charge in [-0.05, 0) is 31.3 Å². The Bertz CT molecular complexity index is 1040. The van der Waals surface area contributed by atoms with Crippen molar-refractivity contribution in [1.29, 1.82) is 0 Å². The molecule has 31 heavy (non-hydrogen) atoms. The van der Waals surface area contributed by atoms with E-state index in [0.29, 0.717) is 23.9 Å². The molecule has 6 nitrogen and oxygen atoms in total. The number of fused-ring (bicyclic) bond motifs is 3. The van der Waals surface area contributed by atoms with Crippen molar-refractivity contribution in [3.05, 3.63) is 64.7 Å². The van der Waals surface area contributed by atoms with E-state index < -0.39 is 6.04 Å². The van der Waals surface area contributed by atoms with Gasteiger partial charge in [-0.15, -0.1) is 0 Å². The molecule has 0 fully saturated rings. The zero-order chi connectivity index (χ0) is 21.8. The highest BCUT2D eigenvalue weighted by atomic mass is 35.5. The van der Waals surface area contributed by atoms with Crippen molar-refractivity contribution in [2.24, 2.45) is 15.0 Å². The molecular formula is C24H26ClN5O. The average Bonchev–Trinajstić information content (AvgIpc) is 3.00. The predicted octanol–water partition coefficient (Wildman–Crippen LogP) is 3.72. The van der Waals surface area contributed by atoms with Crippen LogP contribution < -0.4 is 4.90 Å². The fourth-order valence-corrected chi connectivity index (χ4v) is 4.06. The number of aliphatic imine (C=N–C) groups is 3. The summed E-state index contributed by atoms with van der Waals surface area (Å²) in [4.78, 5) is 31.2. The van der Waals surface area contributed by atoms with E-state index in [1.165, 1.54) is 0 Å². The van der Waals surface area contributed by atoms with Crippen LogP contribution in [0.5, 0.6) is 0 Å². The molecule has 0 spiro atoms. The van der Waals surface area contributed by atoms with Gasteiger partial charge in [-0.3, -0.25) is 24.7 Å². The summed E-state index contributed by atoms with van der Waals surface area (Å²) in [5, 5.41) is 0.601. The minimum Gasteiger partial charge on any atom is -0.302 e. The predicted molar refractivity (Wildman–Crippen MR) is 128 cm³/mol. The van der Waals surface area contributed by atoms with Gasteiger partial charge in [0.25, 0.3) is 5.91 Å². The molecule has 0 saturated heterocycles. The fourth-order valence-electron chi connectivity index (χ4n) is 3.88. The maximum Gasteiger partial charge on any atom is 0.262 e. The van der Waals surface area contributed by atoms with Gasteiger partial charge in [0.05, 0.1) is 24.5 Å². The zero-order valence-electron chi connectivity index (χ0n) is 17.8. The lowest BCUT2D eigenvalue weighted by atomic mass is 10.00. The van der Waals surface area contributed by atoms with Crippen molar-refractivity contribution in [2.75, 3.05) is 37.6 Å². The van der Waals surface area contributed by atoms with Crippen LogP contribution in [0, 0.1) is 0 Å². The van der Waals surface area contributed by atoms with Gasteiger partial charge < -0.3 is 4.90 Å². The van der Waals surface area contributed by atoms with Crippen LogP contribution >= 0.6 is 11.6 Å². The van der Waals surface area contributed by atoms with E-state index in [4.69, 9.17) is 16.6 Å². The first kappa shape index (κ1) is 21.4. The summed E-state index contributed by atoms with van der Waals surface area (Å²) in [6.07, 6.45) is 1.67. The quantitative estimate of drug-likeness (QED) is 0.622. The molecule has 2 aromatic rings. The number of anilines is 1. The van der Waals surface area contributed by atoms with Crippen molar-refractivity contribution >= 4 is 41.0 Å². The average molecular weight is 436 g/mol. The van der Waals surface area contributed by atoms with Crippen LogP contribution in [0.15, 0.2) is 63.5 Å². The lowest BCUT2D eigenvalue weighted by Crippen LogP contribution is -2.37. The molecule has 0 bridgehead atoms. The van der Waals surface area contributed by atoms with E-state index in [-0.39, 0.29) is 5.91 Å². The summed E-state index contributed by atoms with van der Waals surface area (Å²) in [5.41, 5.74) is 3.38. The number of carbonyl (C=O) groups excluding carboxylic acids is 1. The van der Waals surface area contributed by atoms with Crippen molar-refractivity contribution in [2.45, 2.75) is 19.9 Å². The Labute approximate surface area is 188 Å². The highest BCUT2D eigenvalue weighted by Crippen LogP contribution is 2.32. The molecule has 0 aliphatic carbocycles. The highest BCUT2D eigenvalue weighted by molar-refractivity contribution is 6.34. The fraction of sp³-hybridized carbons (Fsp3) is 0.333. The Morgan fingerprint density at radius 2 is 1.97 bits per heavy atom. The number of amides is 1. The number of benzene rings is 2. The number of rotatable bonds is 7. The Morgan fingerprint density at radius 1 is 1.19 bits per heavy atom. The van der Waals surface area contributed by atoms with Gasteiger partial charge in [0.15, 0.2) is 6.04 Å². The number of carbonyl (C=O) groups is 1. The van der Waals surface area contributed by atoms with E-state index in [9.17, 15) is 4.79 Å². The van der Waals surface area contributed by atoms with Crippen molar-refractivity contribution in [1.82, 2.24) is 4.90 Å². The summed E-state index contributed by atoms with van der Waals surface area (Å²) in [6, 6.07) is 14.9. The lowest BCUT2D eigenvalue weighted by molar-refractivity contribution is -0.116. The molecule has 1 atom stereocenters. The summed E-state index contributed by atoms with van der Waals surface area (Å²) in [5.74, 6) is 0.536. The first-order chi connectivity index (χ1) is 15.1. The van der Waals surface area contributed by atoms with E-state index in [1.807, 2.05) is 42.5 Å². The van der Waals surface area contributed by atoms with Crippen LogP contribution in [0.2, 0.25) is 5.02 Å². The van der Waals surface area contributed by atoms with Crippen LogP contribution in [0.3, 0.4) is 0 Å². The van der Waals surface area contributed by atoms with Gasteiger partial charge in [-0.25, -0.2) is 0 Å². The molecule has 0 aromatic heterocycles. The number of likely N-dealkylation sites (N-methyl/N-ethyl adjacent to an activating group) is 1. The Kier molecular flexibility index (Phi) is 6.59. The maximum absolute atomic E-state index is 13.2. The minimum atomic E-state index is -0.608. The summed E-state index contributed by atoms with van der Waals surface area (Å²) in [6.45, 7) is 8.10.